The summed E-state index contributed by atoms with van der Waals surface area (Å²) in [4.78, 5) is 6.91. The lowest BCUT2D eigenvalue weighted by atomic mass is 10.1. The van der Waals surface area contributed by atoms with Crippen LogP contribution in [0.3, 0.4) is 0 Å². The van der Waals surface area contributed by atoms with E-state index in [1.807, 2.05) is 25.2 Å². The number of benzene rings is 1. The van der Waals surface area contributed by atoms with Crippen molar-refractivity contribution in [1.82, 2.24) is 15.5 Å². The number of fused-ring (bicyclic) bond motifs is 1. The first kappa shape index (κ1) is 22.1. The molecule has 0 spiro atoms. The first-order valence-corrected chi connectivity index (χ1v) is 9.90. The molecule has 0 radical (unpaired) electrons. The molecule has 0 aromatic heterocycles. The molecule has 2 aliphatic rings. The maximum atomic E-state index is 5.42. The molecule has 2 heterocycles. The van der Waals surface area contributed by atoms with Gasteiger partial charge in [-0.2, -0.15) is 0 Å². The first-order chi connectivity index (χ1) is 12.8. The van der Waals surface area contributed by atoms with Gasteiger partial charge >= 0.3 is 0 Å². The first-order valence-electron chi connectivity index (χ1n) is 9.90. The molecule has 1 aromatic rings. The zero-order valence-corrected chi connectivity index (χ0v) is 18.7. The van der Waals surface area contributed by atoms with E-state index in [1.165, 1.54) is 58.2 Å². The van der Waals surface area contributed by atoms with E-state index in [-0.39, 0.29) is 24.0 Å². The lowest BCUT2D eigenvalue weighted by molar-refractivity contribution is 0.174. The maximum Gasteiger partial charge on any atom is 0.231 e. The summed E-state index contributed by atoms with van der Waals surface area (Å²) in [5.74, 6) is 2.49. The number of piperidine rings is 1. The highest BCUT2D eigenvalue weighted by molar-refractivity contribution is 14.0. The van der Waals surface area contributed by atoms with Crippen molar-refractivity contribution in [3.05, 3.63) is 23.8 Å². The summed E-state index contributed by atoms with van der Waals surface area (Å²) in [6.45, 7) is 5.85. The molecule has 2 aliphatic heterocycles. The Bertz CT molecular complexity index is 591. The van der Waals surface area contributed by atoms with E-state index in [0.717, 1.165) is 29.6 Å². The van der Waals surface area contributed by atoms with Crippen LogP contribution in [0.15, 0.2) is 23.2 Å². The van der Waals surface area contributed by atoms with Crippen molar-refractivity contribution >= 4 is 29.9 Å². The van der Waals surface area contributed by atoms with Gasteiger partial charge < -0.3 is 25.0 Å². The van der Waals surface area contributed by atoms with Gasteiger partial charge in [0.05, 0.1) is 0 Å². The van der Waals surface area contributed by atoms with Crippen molar-refractivity contribution in [3.63, 3.8) is 0 Å². The Hall–Kier alpha value is -1.22. The summed E-state index contributed by atoms with van der Waals surface area (Å²) in [6.07, 6.45) is 7.92. The molecule has 1 fully saturated rings. The second kappa shape index (κ2) is 12.3. The molecule has 6 nitrogen and oxygen atoms in total. The van der Waals surface area contributed by atoms with Crippen LogP contribution in [-0.2, 0) is 6.54 Å². The van der Waals surface area contributed by atoms with Gasteiger partial charge in [0.15, 0.2) is 17.5 Å². The molecule has 3 rings (SSSR count). The van der Waals surface area contributed by atoms with Gasteiger partial charge in [-0.05, 0) is 63.0 Å². The molecule has 0 amide bonds. The van der Waals surface area contributed by atoms with Crippen LogP contribution in [-0.4, -0.2) is 50.9 Å². The standard InChI is InChI=1S/C20H32N4O2.HI/c1-21-20(22-10-4-2-5-11-24-12-6-3-7-13-24)23-15-17-8-9-18-19(14-17)26-16-25-18;/h8-9,14H,2-7,10-13,15-16H2,1H3,(H2,21,22,23);1H. The van der Waals surface area contributed by atoms with Crippen molar-refractivity contribution in [1.29, 1.82) is 0 Å². The Balaban J connectivity index is 0.00000261. The van der Waals surface area contributed by atoms with Crippen LogP contribution in [0.2, 0.25) is 0 Å². The van der Waals surface area contributed by atoms with Gasteiger partial charge in [0.2, 0.25) is 6.79 Å². The normalized spacial score (nSPS) is 16.7. The number of guanidine groups is 1. The Morgan fingerprint density at radius 3 is 2.67 bits per heavy atom. The van der Waals surface area contributed by atoms with E-state index in [9.17, 15) is 0 Å². The predicted molar refractivity (Wildman–Crippen MR) is 120 cm³/mol. The lowest BCUT2D eigenvalue weighted by Crippen LogP contribution is -2.37. The fourth-order valence-electron chi connectivity index (χ4n) is 3.48. The summed E-state index contributed by atoms with van der Waals surface area (Å²) in [7, 11) is 1.81. The van der Waals surface area contributed by atoms with Crippen molar-refractivity contribution in [3.8, 4) is 11.5 Å². The average Bonchev–Trinajstić information content (AvgIpc) is 3.15. The van der Waals surface area contributed by atoms with Crippen molar-refractivity contribution in [2.45, 2.75) is 45.1 Å². The van der Waals surface area contributed by atoms with Gasteiger partial charge in [0.1, 0.15) is 0 Å². The highest BCUT2D eigenvalue weighted by atomic mass is 127. The van der Waals surface area contributed by atoms with Gasteiger partial charge in [-0.15, -0.1) is 24.0 Å². The van der Waals surface area contributed by atoms with E-state index < -0.39 is 0 Å². The second-order valence-corrected chi connectivity index (χ2v) is 7.00. The molecule has 27 heavy (non-hydrogen) atoms. The van der Waals surface area contributed by atoms with Crippen LogP contribution >= 0.6 is 24.0 Å². The van der Waals surface area contributed by atoms with Crippen molar-refractivity contribution in [2.75, 3.05) is 40.0 Å². The molecule has 0 saturated carbocycles. The molecule has 152 valence electrons. The Morgan fingerprint density at radius 1 is 1.04 bits per heavy atom. The average molecular weight is 488 g/mol. The van der Waals surface area contributed by atoms with Crippen LogP contribution in [0, 0.1) is 0 Å². The number of likely N-dealkylation sites (tertiary alicyclic amines) is 1. The van der Waals surface area contributed by atoms with E-state index >= 15 is 0 Å². The molecular formula is C20H33IN4O2. The number of unbranched alkanes of at least 4 members (excludes halogenated alkanes) is 2. The van der Waals surface area contributed by atoms with E-state index in [0.29, 0.717) is 13.3 Å². The lowest BCUT2D eigenvalue weighted by Gasteiger charge is -2.26. The Kier molecular flexibility index (Phi) is 10.0. The summed E-state index contributed by atoms with van der Waals surface area (Å²) in [5, 5.41) is 6.75. The molecule has 0 unspecified atom stereocenters. The molecule has 7 heteroatoms. The van der Waals surface area contributed by atoms with E-state index in [4.69, 9.17) is 9.47 Å². The van der Waals surface area contributed by atoms with Crippen molar-refractivity contribution < 1.29 is 9.47 Å². The third kappa shape index (κ3) is 7.37. The Labute approximate surface area is 180 Å². The fraction of sp³-hybridized carbons (Fsp3) is 0.650. The number of rotatable bonds is 8. The molecule has 1 saturated heterocycles. The van der Waals surface area contributed by atoms with Gasteiger partial charge in [-0.25, -0.2) is 0 Å². The molecule has 2 N–H and O–H groups in total. The summed E-state index contributed by atoms with van der Waals surface area (Å²) < 4.78 is 10.8. The maximum absolute atomic E-state index is 5.42. The van der Waals surface area contributed by atoms with Crippen molar-refractivity contribution in [2.24, 2.45) is 4.99 Å². The third-order valence-corrected chi connectivity index (χ3v) is 5.01. The highest BCUT2D eigenvalue weighted by Gasteiger charge is 2.13. The molecule has 0 atom stereocenters. The summed E-state index contributed by atoms with van der Waals surface area (Å²) in [6, 6.07) is 6.02. The largest absolute Gasteiger partial charge is 0.454 e. The van der Waals surface area contributed by atoms with Crippen LogP contribution < -0.4 is 20.1 Å². The Morgan fingerprint density at radius 2 is 1.85 bits per heavy atom. The fourth-order valence-corrected chi connectivity index (χ4v) is 3.48. The third-order valence-electron chi connectivity index (χ3n) is 5.01. The summed E-state index contributed by atoms with van der Waals surface area (Å²) in [5.41, 5.74) is 1.15. The quantitative estimate of drug-likeness (QED) is 0.255. The van der Waals surface area contributed by atoms with Gasteiger partial charge in [0, 0.05) is 20.1 Å². The number of hydrogen-bond acceptors (Lipinski definition) is 4. The molecule has 0 aliphatic carbocycles. The second-order valence-electron chi connectivity index (χ2n) is 7.00. The number of ether oxygens (including phenoxy) is 2. The van der Waals surface area contributed by atoms with E-state index in [2.05, 4.69) is 20.5 Å². The number of nitrogens with zero attached hydrogens (tertiary/aromatic N) is 2. The van der Waals surface area contributed by atoms with Gasteiger partial charge in [0.25, 0.3) is 0 Å². The minimum Gasteiger partial charge on any atom is -0.454 e. The minimum absolute atomic E-state index is 0. The van der Waals surface area contributed by atoms with Crippen LogP contribution in [0.25, 0.3) is 0 Å². The van der Waals surface area contributed by atoms with E-state index in [1.54, 1.807) is 0 Å². The molecule has 1 aromatic carbocycles. The predicted octanol–water partition coefficient (Wildman–Crippen LogP) is 3.35. The SMILES string of the molecule is CN=C(NCCCCCN1CCCCC1)NCc1ccc2c(c1)OCO2.I. The monoisotopic (exact) mass is 488 g/mol. The number of halogens is 1. The van der Waals surface area contributed by atoms with Gasteiger partial charge in [-0.3, -0.25) is 4.99 Å². The number of hydrogen-bond donors (Lipinski definition) is 2. The molecule has 0 bridgehead atoms. The summed E-state index contributed by atoms with van der Waals surface area (Å²) >= 11 is 0. The van der Waals surface area contributed by atoms with Crippen LogP contribution in [0.5, 0.6) is 11.5 Å². The van der Waals surface area contributed by atoms with Gasteiger partial charge in [-0.1, -0.05) is 18.9 Å². The zero-order chi connectivity index (χ0) is 18.0. The highest BCUT2D eigenvalue weighted by Crippen LogP contribution is 2.32. The smallest absolute Gasteiger partial charge is 0.231 e. The minimum atomic E-state index is 0. The number of nitrogens with one attached hydrogen (secondary N) is 2. The number of aliphatic imine (C=N–C) groups is 1. The molecular weight excluding hydrogens is 455 g/mol. The zero-order valence-electron chi connectivity index (χ0n) is 16.3. The van der Waals surface area contributed by atoms with Crippen LogP contribution in [0.4, 0.5) is 0 Å². The topological polar surface area (TPSA) is 58.1 Å². The van der Waals surface area contributed by atoms with Crippen LogP contribution in [0.1, 0.15) is 44.1 Å².